The highest BCUT2D eigenvalue weighted by Gasteiger charge is 2.06. The first-order valence-corrected chi connectivity index (χ1v) is 5.15. The van der Waals surface area contributed by atoms with Crippen LogP contribution in [0.15, 0.2) is 24.4 Å². The van der Waals surface area contributed by atoms with E-state index in [1.165, 1.54) is 12.3 Å². The minimum absolute atomic E-state index is 0.0840. The lowest BCUT2D eigenvalue weighted by Crippen LogP contribution is -1.99. The summed E-state index contributed by atoms with van der Waals surface area (Å²) in [6.07, 6.45) is 1.54. The van der Waals surface area contributed by atoms with Gasteiger partial charge in [-0.05, 0) is 30.7 Å². The van der Waals surface area contributed by atoms with Crippen LogP contribution in [0, 0.1) is 18.6 Å². The molecule has 88 valence electrons. The van der Waals surface area contributed by atoms with E-state index in [0.717, 1.165) is 17.7 Å². The lowest BCUT2D eigenvalue weighted by atomic mass is 10.3. The first kappa shape index (κ1) is 11.7. The van der Waals surface area contributed by atoms with Crippen molar-refractivity contribution >= 4 is 23.1 Å². The van der Waals surface area contributed by atoms with Crippen LogP contribution in [-0.4, -0.2) is 9.97 Å². The Morgan fingerprint density at radius 1 is 1.24 bits per heavy atom. The summed E-state index contributed by atoms with van der Waals surface area (Å²) in [7, 11) is 0. The molecule has 3 nitrogen and oxygen atoms in total. The van der Waals surface area contributed by atoms with Gasteiger partial charge in [0.2, 0.25) is 5.28 Å². The van der Waals surface area contributed by atoms with Gasteiger partial charge in [0, 0.05) is 23.5 Å². The largest absolute Gasteiger partial charge is 0.340 e. The molecule has 1 aromatic carbocycles. The molecule has 0 aliphatic rings. The van der Waals surface area contributed by atoms with Gasteiger partial charge in [0.15, 0.2) is 11.6 Å². The molecule has 0 aliphatic heterocycles. The number of halogens is 3. The fourth-order valence-electron chi connectivity index (χ4n) is 1.26. The molecule has 0 saturated heterocycles. The van der Waals surface area contributed by atoms with Crippen molar-refractivity contribution in [3.05, 3.63) is 46.9 Å². The highest BCUT2D eigenvalue weighted by molar-refractivity contribution is 6.28. The Morgan fingerprint density at radius 2 is 2.00 bits per heavy atom. The number of nitrogens with one attached hydrogen (secondary N) is 1. The van der Waals surface area contributed by atoms with E-state index in [9.17, 15) is 8.78 Å². The number of hydrogen-bond acceptors (Lipinski definition) is 3. The van der Waals surface area contributed by atoms with Gasteiger partial charge < -0.3 is 5.32 Å². The van der Waals surface area contributed by atoms with Crippen molar-refractivity contribution in [2.24, 2.45) is 0 Å². The minimum Gasteiger partial charge on any atom is -0.340 e. The van der Waals surface area contributed by atoms with Gasteiger partial charge in [-0.25, -0.2) is 18.7 Å². The van der Waals surface area contributed by atoms with Gasteiger partial charge >= 0.3 is 0 Å². The molecule has 0 bridgehead atoms. The van der Waals surface area contributed by atoms with Crippen LogP contribution in [0.5, 0.6) is 0 Å². The van der Waals surface area contributed by atoms with Crippen LogP contribution in [0.25, 0.3) is 0 Å². The van der Waals surface area contributed by atoms with Crippen LogP contribution in [0.2, 0.25) is 5.28 Å². The summed E-state index contributed by atoms with van der Waals surface area (Å²) >= 11 is 5.64. The number of anilines is 2. The highest BCUT2D eigenvalue weighted by Crippen LogP contribution is 2.20. The number of nitrogens with zero attached hydrogens (tertiary/aromatic N) is 2. The normalized spacial score (nSPS) is 10.4. The third-order valence-corrected chi connectivity index (χ3v) is 2.31. The van der Waals surface area contributed by atoms with Crippen LogP contribution < -0.4 is 5.32 Å². The van der Waals surface area contributed by atoms with Crippen molar-refractivity contribution in [3.63, 3.8) is 0 Å². The van der Waals surface area contributed by atoms with Crippen LogP contribution in [-0.2, 0) is 0 Å². The summed E-state index contributed by atoms with van der Waals surface area (Å²) in [6, 6.07) is 3.49. The van der Waals surface area contributed by atoms with Crippen LogP contribution in [0.1, 0.15) is 5.56 Å². The van der Waals surface area contributed by atoms with Gasteiger partial charge in [-0.3, -0.25) is 0 Å². The first-order valence-electron chi connectivity index (χ1n) is 4.77. The van der Waals surface area contributed by atoms with E-state index in [1.807, 2.05) is 0 Å². The molecule has 6 heteroatoms. The quantitative estimate of drug-likeness (QED) is 0.835. The molecule has 2 aromatic rings. The fourth-order valence-corrected chi connectivity index (χ4v) is 1.39. The standard InChI is InChI=1S/C11H8ClF2N3/c1-6-5-15-11(12)17-10(6)16-7-2-3-8(13)9(14)4-7/h2-5H,1H3,(H,15,16,17). The molecule has 0 aliphatic carbocycles. The molecular weight excluding hydrogens is 248 g/mol. The van der Waals surface area contributed by atoms with Gasteiger partial charge in [0.05, 0.1) is 0 Å². The topological polar surface area (TPSA) is 37.8 Å². The first-order chi connectivity index (χ1) is 8.06. The second-order valence-electron chi connectivity index (χ2n) is 3.42. The fraction of sp³-hybridized carbons (Fsp3) is 0.0909. The maximum atomic E-state index is 13.0. The molecular formula is C11H8ClF2N3. The molecule has 2 rings (SSSR count). The van der Waals surface area contributed by atoms with E-state index in [2.05, 4.69) is 15.3 Å². The van der Waals surface area contributed by atoms with Gasteiger partial charge in [-0.2, -0.15) is 0 Å². The Balaban J connectivity index is 2.31. The molecule has 1 aromatic heterocycles. The molecule has 0 amide bonds. The van der Waals surface area contributed by atoms with Crippen molar-refractivity contribution in [2.45, 2.75) is 6.92 Å². The third kappa shape index (κ3) is 2.68. The predicted molar refractivity (Wildman–Crippen MR) is 61.4 cm³/mol. The van der Waals surface area contributed by atoms with E-state index in [0.29, 0.717) is 11.5 Å². The summed E-state index contributed by atoms with van der Waals surface area (Å²) in [4.78, 5) is 7.74. The Labute approximate surface area is 101 Å². The number of benzene rings is 1. The Kier molecular flexibility index (Phi) is 3.19. The zero-order chi connectivity index (χ0) is 12.4. The third-order valence-electron chi connectivity index (χ3n) is 2.12. The van der Waals surface area contributed by atoms with E-state index in [-0.39, 0.29) is 5.28 Å². The van der Waals surface area contributed by atoms with E-state index < -0.39 is 11.6 Å². The van der Waals surface area contributed by atoms with Crippen molar-refractivity contribution in [2.75, 3.05) is 5.32 Å². The molecule has 0 spiro atoms. The smallest absolute Gasteiger partial charge is 0.224 e. The van der Waals surface area contributed by atoms with E-state index in [1.54, 1.807) is 6.92 Å². The molecule has 0 unspecified atom stereocenters. The minimum atomic E-state index is -0.923. The van der Waals surface area contributed by atoms with Crippen molar-refractivity contribution < 1.29 is 8.78 Å². The molecule has 0 atom stereocenters. The zero-order valence-electron chi connectivity index (χ0n) is 8.84. The van der Waals surface area contributed by atoms with Crippen molar-refractivity contribution in [1.29, 1.82) is 0 Å². The zero-order valence-corrected chi connectivity index (χ0v) is 9.59. The predicted octanol–water partition coefficient (Wildman–Crippen LogP) is 3.46. The second-order valence-corrected chi connectivity index (χ2v) is 3.76. The van der Waals surface area contributed by atoms with Gasteiger partial charge in [-0.1, -0.05) is 0 Å². The highest BCUT2D eigenvalue weighted by atomic mass is 35.5. The summed E-state index contributed by atoms with van der Waals surface area (Å²) in [5, 5.41) is 2.92. The Morgan fingerprint density at radius 3 is 2.71 bits per heavy atom. The molecule has 1 heterocycles. The molecule has 17 heavy (non-hydrogen) atoms. The molecule has 0 radical (unpaired) electrons. The Hall–Kier alpha value is -1.75. The van der Waals surface area contributed by atoms with Crippen LogP contribution in [0.3, 0.4) is 0 Å². The van der Waals surface area contributed by atoms with Crippen LogP contribution >= 0.6 is 11.6 Å². The SMILES string of the molecule is Cc1cnc(Cl)nc1Nc1ccc(F)c(F)c1. The maximum absolute atomic E-state index is 13.0. The van der Waals surface area contributed by atoms with E-state index >= 15 is 0 Å². The summed E-state index contributed by atoms with van der Waals surface area (Å²) in [5.41, 5.74) is 1.14. The lowest BCUT2D eigenvalue weighted by Gasteiger charge is -2.08. The van der Waals surface area contributed by atoms with E-state index in [4.69, 9.17) is 11.6 Å². The molecule has 0 saturated carbocycles. The number of rotatable bonds is 2. The monoisotopic (exact) mass is 255 g/mol. The summed E-state index contributed by atoms with van der Waals surface area (Å²) < 4.78 is 25.7. The summed E-state index contributed by atoms with van der Waals surface area (Å²) in [6.45, 7) is 1.78. The van der Waals surface area contributed by atoms with Gasteiger partial charge in [0.1, 0.15) is 5.82 Å². The maximum Gasteiger partial charge on any atom is 0.224 e. The van der Waals surface area contributed by atoms with Gasteiger partial charge in [0.25, 0.3) is 0 Å². The molecule has 0 fully saturated rings. The lowest BCUT2D eigenvalue weighted by molar-refractivity contribution is 0.509. The molecule has 1 N–H and O–H groups in total. The van der Waals surface area contributed by atoms with Crippen LogP contribution in [0.4, 0.5) is 20.3 Å². The Bertz CT molecular complexity index is 560. The van der Waals surface area contributed by atoms with Gasteiger partial charge in [-0.15, -0.1) is 0 Å². The second kappa shape index (κ2) is 4.63. The number of aryl methyl sites for hydroxylation is 1. The number of hydrogen-bond donors (Lipinski definition) is 1. The average Bonchev–Trinajstić information content (AvgIpc) is 2.29. The van der Waals surface area contributed by atoms with Crippen molar-refractivity contribution in [3.8, 4) is 0 Å². The number of aromatic nitrogens is 2. The van der Waals surface area contributed by atoms with Crippen molar-refractivity contribution in [1.82, 2.24) is 9.97 Å². The summed E-state index contributed by atoms with van der Waals surface area (Å²) in [5.74, 6) is -1.36. The average molecular weight is 256 g/mol.